The van der Waals surface area contributed by atoms with Crippen LogP contribution in [0.3, 0.4) is 0 Å². The molecule has 0 unspecified atom stereocenters. The van der Waals surface area contributed by atoms with Gasteiger partial charge in [0.2, 0.25) is 11.8 Å². The quantitative estimate of drug-likeness (QED) is 0.0998. The van der Waals surface area contributed by atoms with E-state index in [1.54, 1.807) is 0 Å². The molecule has 2 fully saturated rings. The summed E-state index contributed by atoms with van der Waals surface area (Å²) in [6, 6.07) is 2.14. The van der Waals surface area contributed by atoms with Crippen molar-refractivity contribution >= 4 is 99.5 Å². The number of carboxylic acid groups (broad SMARTS) is 2. The van der Waals surface area contributed by atoms with Gasteiger partial charge in [0.15, 0.2) is 4.34 Å². The molecule has 0 aromatic carbocycles. The second-order valence-electron chi connectivity index (χ2n) is 11.8. The Kier molecular flexibility index (Phi) is 12.5. The van der Waals surface area contributed by atoms with Crippen LogP contribution in [-0.2, 0) is 51.3 Å². The Bertz CT molecular complexity index is 2070. The van der Waals surface area contributed by atoms with Crippen LogP contribution in [0.5, 0.6) is 0 Å². The highest BCUT2D eigenvalue weighted by molar-refractivity contribution is 8.02. The van der Waals surface area contributed by atoms with Gasteiger partial charge in [0.05, 0.1) is 6.42 Å². The molecular weight excluding hydrogens is 821 g/mol. The Labute approximate surface area is 331 Å². The lowest BCUT2D eigenvalue weighted by atomic mass is 10.0. The number of carbonyl (C=O) groups excluding carboxylic acids is 5. The summed E-state index contributed by atoms with van der Waals surface area (Å²) in [4.78, 5) is 87.0. The van der Waals surface area contributed by atoms with Crippen molar-refractivity contribution in [3.8, 4) is 0 Å². The second kappa shape index (κ2) is 17.3. The summed E-state index contributed by atoms with van der Waals surface area (Å²) in [6.45, 7) is 2.78. The first-order valence-corrected chi connectivity index (χ1v) is 20.8. The van der Waals surface area contributed by atoms with Gasteiger partial charge in [0.1, 0.15) is 58.7 Å². The molecule has 2 saturated heterocycles. The number of aliphatic carboxylic acids is 2. The summed E-state index contributed by atoms with van der Waals surface area (Å²) in [7, 11) is 0. The van der Waals surface area contributed by atoms with E-state index in [1.807, 2.05) is 24.4 Å². The molecule has 4 amide bonds. The summed E-state index contributed by atoms with van der Waals surface area (Å²) in [5, 5.41) is 44.7. The highest BCUT2D eigenvalue weighted by Crippen LogP contribution is 2.42. The van der Waals surface area contributed by atoms with Crippen LogP contribution < -0.4 is 10.6 Å². The number of carbonyl (C=O) groups is 7. The molecule has 7 rings (SSSR count). The Hall–Kier alpha value is -4.85. The number of ether oxygens (including phenoxy) is 1. The van der Waals surface area contributed by atoms with Crippen LogP contribution >= 0.6 is 58.0 Å². The fraction of sp³-hybridized carbons (Fsp3) is 0.400. The van der Waals surface area contributed by atoms with Crippen molar-refractivity contribution in [3.05, 3.63) is 56.3 Å². The molecule has 4 N–H and O–H groups in total. The van der Waals surface area contributed by atoms with Crippen molar-refractivity contribution in [2.75, 3.05) is 23.9 Å². The number of amides is 4. The number of aryl methyl sites for hydroxylation is 1. The highest BCUT2D eigenvalue weighted by Gasteiger charge is 2.55. The predicted octanol–water partition coefficient (Wildman–Crippen LogP) is -0.0438. The van der Waals surface area contributed by atoms with Gasteiger partial charge in [-0.05, 0) is 34.4 Å². The van der Waals surface area contributed by atoms with E-state index in [1.165, 1.54) is 80.8 Å². The number of tetrazole rings is 1. The van der Waals surface area contributed by atoms with Crippen LogP contribution in [0.2, 0.25) is 0 Å². The van der Waals surface area contributed by atoms with Gasteiger partial charge >= 0.3 is 17.9 Å². The summed E-state index contributed by atoms with van der Waals surface area (Å²) < 4.78 is 6.85. The summed E-state index contributed by atoms with van der Waals surface area (Å²) in [6.07, 6.45) is 1.47. The predicted molar refractivity (Wildman–Crippen MR) is 197 cm³/mol. The Balaban J connectivity index is 0.000000188. The standard InChI is InChI=1S/C16H16N2O6S2.C14H14N8O4S3/c1-8(19)24-6-9-7-26-15-12(14(21)18(15)13(9)16(22)23)17-11(20)5-10-3-2-4-25-10;1-6-17-18-14(29-6)28-4-7-3-27-12-9(11(24)22(12)10(7)13(25)26)16-8(23)2-21-5-15-19-20-21/h2-4,12,15H,5-7H2,1H3,(H,17,20)(H,22,23);5,9,12H,2-4H2,1H3,(H,16,23)(H,25,26)/t12-,15-;9-,12-/m11/s1. The zero-order valence-electron chi connectivity index (χ0n) is 28.6. The van der Waals surface area contributed by atoms with Crippen LogP contribution in [0, 0.1) is 6.92 Å². The number of β-lactam (4-membered cyclic amide) rings is 2. The molecule has 0 saturated carbocycles. The average Bonchev–Trinajstić information content (AvgIpc) is 3.95. The number of aromatic nitrogens is 6. The number of hydrogen-bond donors (Lipinski definition) is 4. The van der Waals surface area contributed by atoms with E-state index in [2.05, 4.69) is 36.4 Å². The fourth-order valence-electron chi connectivity index (χ4n) is 5.68. The van der Waals surface area contributed by atoms with Crippen molar-refractivity contribution in [2.45, 2.75) is 54.0 Å². The zero-order chi connectivity index (χ0) is 39.4. The number of nitrogens with one attached hydrogen (secondary N) is 2. The van der Waals surface area contributed by atoms with Crippen molar-refractivity contribution in [1.82, 2.24) is 50.8 Å². The first-order chi connectivity index (χ1) is 26.3. The molecule has 0 spiro atoms. The van der Waals surface area contributed by atoms with Gasteiger partial charge in [0, 0.05) is 34.6 Å². The fourth-order valence-corrected chi connectivity index (χ4v) is 11.0. The van der Waals surface area contributed by atoms with Crippen LogP contribution in [-0.4, -0.2) is 139 Å². The van der Waals surface area contributed by atoms with Crippen molar-refractivity contribution in [3.63, 3.8) is 0 Å². The van der Waals surface area contributed by atoms with Crippen LogP contribution in [0.4, 0.5) is 0 Å². The molecule has 3 aromatic heterocycles. The van der Waals surface area contributed by atoms with Crippen LogP contribution in [0.1, 0.15) is 16.8 Å². The minimum Gasteiger partial charge on any atom is -0.477 e. The third kappa shape index (κ3) is 9.01. The second-order valence-corrected chi connectivity index (χ2v) is 17.5. The topological polar surface area (TPSA) is 269 Å². The van der Waals surface area contributed by atoms with E-state index in [9.17, 15) is 43.8 Å². The molecule has 25 heteroatoms. The molecule has 290 valence electrons. The molecule has 20 nitrogen and oxygen atoms in total. The maximum Gasteiger partial charge on any atom is 0.352 e. The third-order valence-corrected chi connectivity index (χ3v) is 13.7. The molecule has 4 aliphatic heterocycles. The number of fused-ring (bicyclic) bond motifs is 2. The van der Waals surface area contributed by atoms with Crippen molar-refractivity contribution in [2.24, 2.45) is 0 Å². The van der Waals surface area contributed by atoms with Gasteiger partial charge in [-0.15, -0.1) is 50.2 Å². The Morgan fingerprint density at radius 2 is 1.58 bits per heavy atom. The number of nitrogens with zero attached hydrogens (tertiary/aromatic N) is 8. The normalized spacial score (nSPS) is 21.3. The Morgan fingerprint density at radius 3 is 2.13 bits per heavy atom. The minimum absolute atomic E-state index is 0.0153. The number of carboxylic acids is 2. The number of hydrogen-bond acceptors (Lipinski definition) is 18. The van der Waals surface area contributed by atoms with E-state index in [0.717, 1.165) is 19.1 Å². The molecular formula is C30H30N10O10S5. The lowest BCUT2D eigenvalue weighted by molar-refractivity contribution is -0.151. The number of thioether (sulfide) groups is 3. The molecule has 7 heterocycles. The van der Waals surface area contributed by atoms with Gasteiger partial charge < -0.3 is 25.6 Å². The smallest absolute Gasteiger partial charge is 0.352 e. The molecule has 4 aliphatic rings. The molecule has 55 heavy (non-hydrogen) atoms. The zero-order valence-corrected chi connectivity index (χ0v) is 32.7. The largest absolute Gasteiger partial charge is 0.477 e. The van der Waals surface area contributed by atoms with Gasteiger partial charge in [-0.1, -0.05) is 29.2 Å². The van der Waals surface area contributed by atoms with Gasteiger partial charge in [0.25, 0.3) is 11.8 Å². The molecule has 4 atom stereocenters. The lowest BCUT2D eigenvalue weighted by Crippen LogP contribution is -2.70. The number of thiophene rings is 1. The number of rotatable bonds is 13. The SMILES string of the molecule is CC(=O)OCC1=C(C(=O)O)N2C(=O)[C@@H](NC(=O)Cc3cccs3)[C@H]2SC1.Cc1nnc(SCC2=C(C(=O)O)N3C(=O)[C@@H](NC(=O)Cn4cnnn4)[C@H]3SC2)s1. The summed E-state index contributed by atoms with van der Waals surface area (Å²) in [5.41, 5.74) is 0.830. The molecule has 0 radical (unpaired) electrons. The summed E-state index contributed by atoms with van der Waals surface area (Å²) in [5.74, 6) is -3.42. The van der Waals surface area contributed by atoms with E-state index < -0.39 is 58.5 Å². The van der Waals surface area contributed by atoms with E-state index in [-0.39, 0.29) is 36.9 Å². The van der Waals surface area contributed by atoms with Crippen LogP contribution in [0.25, 0.3) is 0 Å². The van der Waals surface area contributed by atoms with Gasteiger partial charge in [-0.3, -0.25) is 33.8 Å². The Morgan fingerprint density at radius 1 is 0.945 bits per heavy atom. The third-order valence-electron chi connectivity index (χ3n) is 8.07. The van der Waals surface area contributed by atoms with Crippen molar-refractivity contribution < 1.29 is 48.5 Å². The van der Waals surface area contributed by atoms with Gasteiger partial charge in [-0.25, -0.2) is 14.3 Å². The minimum atomic E-state index is -1.26. The highest BCUT2D eigenvalue weighted by atomic mass is 32.2. The molecule has 0 bridgehead atoms. The van der Waals surface area contributed by atoms with Crippen molar-refractivity contribution in [1.29, 1.82) is 0 Å². The van der Waals surface area contributed by atoms with E-state index >= 15 is 0 Å². The monoisotopic (exact) mass is 850 g/mol. The molecule has 0 aliphatic carbocycles. The first kappa shape index (κ1) is 39.8. The van der Waals surface area contributed by atoms with Gasteiger partial charge in [-0.2, -0.15) is 0 Å². The maximum absolute atomic E-state index is 12.6. The maximum atomic E-state index is 12.6. The average molecular weight is 851 g/mol. The van der Waals surface area contributed by atoms with E-state index in [0.29, 0.717) is 28.4 Å². The molecule has 3 aromatic rings. The lowest BCUT2D eigenvalue weighted by Gasteiger charge is -2.49. The first-order valence-electron chi connectivity index (χ1n) is 16.0. The summed E-state index contributed by atoms with van der Waals surface area (Å²) >= 11 is 7.03. The number of esters is 1. The van der Waals surface area contributed by atoms with E-state index in [4.69, 9.17) is 4.74 Å². The van der Waals surface area contributed by atoms with Crippen LogP contribution in [0.15, 0.2) is 50.7 Å².